The van der Waals surface area contributed by atoms with Gasteiger partial charge in [0.1, 0.15) is 11.9 Å². The standard InChI is InChI=1S/C12H8BrFN4/c13-8-1-2-11(9(14)4-8)18-12-10(16)3-7(5-15)6-17-12/h1-4,6H,16H2,(H,17,18). The fourth-order valence-electron chi connectivity index (χ4n) is 1.37. The number of nitrogens with zero attached hydrogens (tertiary/aromatic N) is 2. The van der Waals surface area contributed by atoms with E-state index in [0.29, 0.717) is 15.9 Å². The van der Waals surface area contributed by atoms with Crippen LogP contribution in [0.5, 0.6) is 0 Å². The van der Waals surface area contributed by atoms with Crippen molar-refractivity contribution in [1.29, 1.82) is 5.26 Å². The number of nitriles is 1. The van der Waals surface area contributed by atoms with E-state index in [1.54, 1.807) is 12.1 Å². The molecule has 1 aromatic carbocycles. The quantitative estimate of drug-likeness (QED) is 0.893. The maximum absolute atomic E-state index is 13.6. The first kappa shape index (κ1) is 12.3. The molecule has 0 amide bonds. The second-order valence-corrected chi connectivity index (χ2v) is 4.44. The SMILES string of the molecule is N#Cc1cnc(Nc2ccc(Br)cc2F)c(N)c1. The number of nitrogens with two attached hydrogens (primary N) is 1. The second kappa shape index (κ2) is 5.02. The van der Waals surface area contributed by atoms with E-state index in [2.05, 4.69) is 26.2 Å². The van der Waals surface area contributed by atoms with Gasteiger partial charge in [0.25, 0.3) is 0 Å². The minimum atomic E-state index is -0.421. The summed E-state index contributed by atoms with van der Waals surface area (Å²) in [6.07, 6.45) is 1.37. The van der Waals surface area contributed by atoms with Gasteiger partial charge in [-0.1, -0.05) is 15.9 Å². The summed E-state index contributed by atoms with van der Waals surface area (Å²) in [6, 6.07) is 8.01. The molecule has 0 aliphatic rings. The minimum Gasteiger partial charge on any atom is -0.396 e. The van der Waals surface area contributed by atoms with E-state index in [4.69, 9.17) is 11.0 Å². The molecule has 0 aliphatic carbocycles. The van der Waals surface area contributed by atoms with Crippen molar-refractivity contribution in [1.82, 2.24) is 4.98 Å². The predicted molar refractivity (Wildman–Crippen MR) is 70.7 cm³/mol. The summed E-state index contributed by atoms with van der Waals surface area (Å²) >= 11 is 3.17. The van der Waals surface area contributed by atoms with Gasteiger partial charge in [-0.2, -0.15) is 5.26 Å². The van der Waals surface area contributed by atoms with Crippen molar-refractivity contribution < 1.29 is 4.39 Å². The maximum atomic E-state index is 13.6. The number of pyridine rings is 1. The van der Waals surface area contributed by atoms with Crippen LogP contribution in [0.4, 0.5) is 21.6 Å². The summed E-state index contributed by atoms with van der Waals surface area (Å²) in [5.74, 6) is -0.106. The first-order chi connectivity index (χ1) is 8.60. The topological polar surface area (TPSA) is 74.7 Å². The zero-order chi connectivity index (χ0) is 13.1. The molecule has 0 spiro atoms. The summed E-state index contributed by atoms with van der Waals surface area (Å²) in [5.41, 5.74) is 6.63. The first-order valence-corrected chi connectivity index (χ1v) is 5.77. The Kier molecular flexibility index (Phi) is 3.44. The highest BCUT2D eigenvalue weighted by molar-refractivity contribution is 9.10. The Morgan fingerprint density at radius 2 is 2.17 bits per heavy atom. The van der Waals surface area contributed by atoms with Crippen molar-refractivity contribution >= 4 is 33.1 Å². The van der Waals surface area contributed by atoms with E-state index in [-0.39, 0.29) is 11.4 Å². The minimum absolute atomic E-state index is 0.266. The van der Waals surface area contributed by atoms with Gasteiger partial charge < -0.3 is 11.1 Å². The molecule has 0 radical (unpaired) electrons. The van der Waals surface area contributed by atoms with E-state index < -0.39 is 5.82 Å². The highest BCUT2D eigenvalue weighted by atomic mass is 79.9. The third kappa shape index (κ3) is 2.57. The van der Waals surface area contributed by atoms with Crippen LogP contribution in [0.2, 0.25) is 0 Å². The lowest BCUT2D eigenvalue weighted by atomic mass is 10.2. The van der Waals surface area contributed by atoms with Crippen molar-refractivity contribution in [2.75, 3.05) is 11.1 Å². The van der Waals surface area contributed by atoms with Gasteiger partial charge in [-0.15, -0.1) is 0 Å². The van der Waals surface area contributed by atoms with Crippen molar-refractivity contribution in [2.24, 2.45) is 0 Å². The fourth-order valence-corrected chi connectivity index (χ4v) is 1.70. The predicted octanol–water partition coefficient (Wildman–Crippen LogP) is 3.18. The van der Waals surface area contributed by atoms with Gasteiger partial charge >= 0.3 is 0 Å². The Morgan fingerprint density at radius 3 is 2.78 bits per heavy atom. The molecule has 4 nitrogen and oxygen atoms in total. The van der Waals surface area contributed by atoms with Crippen LogP contribution < -0.4 is 11.1 Å². The van der Waals surface area contributed by atoms with Crippen LogP contribution in [0.1, 0.15) is 5.56 Å². The van der Waals surface area contributed by atoms with Crippen molar-refractivity contribution in [2.45, 2.75) is 0 Å². The molecule has 2 aromatic rings. The van der Waals surface area contributed by atoms with E-state index in [1.165, 1.54) is 18.3 Å². The number of aromatic nitrogens is 1. The molecule has 0 unspecified atom stereocenters. The fraction of sp³-hybridized carbons (Fsp3) is 0. The lowest BCUT2D eigenvalue weighted by molar-refractivity contribution is 0.631. The molecule has 18 heavy (non-hydrogen) atoms. The zero-order valence-electron chi connectivity index (χ0n) is 9.11. The van der Waals surface area contributed by atoms with Crippen LogP contribution in [0.15, 0.2) is 34.9 Å². The Balaban J connectivity index is 2.32. The van der Waals surface area contributed by atoms with Gasteiger partial charge in [0.05, 0.1) is 16.9 Å². The maximum Gasteiger partial charge on any atom is 0.153 e. The molecule has 0 saturated carbocycles. The third-order valence-corrected chi connectivity index (χ3v) is 2.72. The number of benzene rings is 1. The van der Waals surface area contributed by atoms with Gasteiger partial charge in [0.15, 0.2) is 5.82 Å². The van der Waals surface area contributed by atoms with Gasteiger partial charge in [0.2, 0.25) is 0 Å². The van der Waals surface area contributed by atoms with Crippen LogP contribution in [-0.2, 0) is 0 Å². The van der Waals surface area contributed by atoms with E-state index in [1.807, 2.05) is 6.07 Å². The summed E-state index contributed by atoms with van der Waals surface area (Å²) in [6.45, 7) is 0. The Hall–Kier alpha value is -2.13. The van der Waals surface area contributed by atoms with Gasteiger partial charge in [0, 0.05) is 10.7 Å². The second-order valence-electron chi connectivity index (χ2n) is 3.52. The third-order valence-electron chi connectivity index (χ3n) is 2.23. The molecule has 1 aromatic heterocycles. The molecule has 0 atom stereocenters. The van der Waals surface area contributed by atoms with Crippen LogP contribution in [-0.4, -0.2) is 4.98 Å². The van der Waals surface area contributed by atoms with Gasteiger partial charge in [-0.05, 0) is 24.3 Å². The van der Waals surface area contributed by atoms with Gasteiger partial charge in [-0.3, -0.25) is 0 Å². The molecule has 3 N–H and O–H groups in total. The molecule has 2 rings (SSSR count). The van der Waals surface area contributed by atoms with E-state index in [9.17, 15) is 4.39 Å². The number of hydrogen-bond acceptors (Lipinski definition) is 4. The summed E-state index contributed by atoms with van der Waals surface area (Å²) in [4.78, 5) is 3.97. The van der Waals surface area contributed by atoms with Crippen molar-refractivity contribution in [3.05, 3.63) is 46.3 Å². The Labute approximate surface area is 111 Å². The average molecular weight is 307 g/mol. The molecular formula is C12H8BrFN4. The molecule has 1 heterocycles. The Bertz CT molecular complexity index is 636. The monoisotopic (exact) mass is 306 g/mol. The average Bonchev–Trinajstić information content (AvgIpc) is 2.34. The van der Waals surface area contributed by atoms with Gasteiger partial charge in [-0.25, -0.2) is 9.37 Å². The van der Waals surface area contributed by atoms with E-state index in [0.717, 1.165) is 0 Å². The molecule has 90 valence electrons. The van der Waals surface area contributed by atoms with E-state index >= 15 is 0 Å². The molecule has 0 saturated heterocycles. The molecule has 0 fully saturated rings. The summed E-state index contributed by atoms with van der Waals surface area (Å²) < 4.78 is 14.2. The molecule has 6 heteroatoms. The lowest BCUT2D eigenvalue weighted by Gasteiger charge is -2.09. The summed E-state index contributed by atoms with van der Waals surface area (Å²) in [5, 5.41) is 11.5. The molecule has 0 bridgehead atoms. The summed E-state index contributed by atoms with van der Waals surface area (Å²) in [7, 11) is 0. The lowest BCUT2D eigenvalue weighted by Crippen LogP contribution is -2.01. The zero-order valence-corrected chi connectivity index (χ0v) is 10.7. The van der Waals surface area contributed by atoms with Crippen molar-refractivity contribution in [3.8, 4) is 6.07 Å². The highest BCUT2D eigenvalue weighted by Crippen LogP contribution is 2.25. The highest BCUT2D eigenvalue weighted by Gasteiger charge is 2.07. The molecular weight excluding hydrogens is 299 g/mol. The number of anilines is 3. The van der Waals surface area contributed by atoms with Crippen molar-refractivity contribution in [3.63, 3.8) is 0 Å². The number of hydrogen-bond donors (Lipinski definition) is 2. The smallest absolute Gasteiger partial charge is 0.153 e. The number of rotatable bonds is 2. The first-order valence-electron chi connectivity index (χ1n) is 4.98. The van der Waals surface area contributed by atoms with Crippen LogP contribution in [0.3, 0.4) is 0 Å². The Morgan fingerprint density at radius 1 is 1.39 bits per heavy atom. The number of nitrogen functional groups attached to an aromatic ring is 1. The van der Waals surface area contributed by atoms with Crippen LogP contribution in [0, 0.1) is 17.1 Å². The molecule has 0 aliphatic heterocycles. The van der Waals surface area contributed by atoms with Crippen LogP contribution >= 0.6 is 15.9 Å². The normalized spacial score (nSPS) is 9.83. The number of halogens is 2. The van der Waals surface area contributed by atoms with Crippen LogP contribution in [0.25, 0.3) is 0 Å². The number of nitrogens with one attached hydrogen (secondary N) is 1. The largest absolute Gasteiger partial charge is 0.396 e.